The van der Waals surface area contributed by atoms with E-state index in [1.807, 2.05) is 43.3 Å². The summed E-state index contributed by atoms with van der Waals surface area (Å²) in [5.41, 5.74) is 1.63. The van der Waals surface area contributed by atoms with E-state index in [-0.39, 0.29) is 0 Å². The van der Waals surface area contributed by atoms with Crippen LogP contribution in [-0.2, 0) is 0 Å². The molecule has 0 saturated heterocycles. The van der Waals surface area contributed by atoms with Gasteiger partial charge in [0.2, 0.25) is 0 Å². The van der Waals surface area contributed by atoms with Crippen LogP contribution in [0.4, 0.5) is 0 Å². The monoisotopic (exact) mass is 283 g/mol. The van der Waals surface area contributed by atoms with Gasteiger partial charge in [-0.2, -0.15) is 0 Å². The first-order valence-electron chi connectivity index (χ1n) is 6.57. The van der Waals surface area contributed by atoms with E-state index < -0.39 is 0 Å². The van der Waals surface area contributed by atoms with Gasteiger partial charge >= 0.3 is 0 Å². The molecule has 1 N–H and O–H groups in total. The number of benzene rings is 3. The Morgan fingerprint density at radius 2 is 1.80 bits per heavy atom. The third-order valence-electron chi connectivity index (χ3n) is 3.60. The number of nitrogens with zero attached hydrogens (tertiary/aromatic N) is 1. The fourth-order valence-corrected chi connectivity index (χ4v) is 2.85. The van der Waals surface area contributed by atoms with Gasteiger partial charge in [-0.25, -0.2) is 0 Å². The normalized spacial score (nSPS) is 12.2. The maximum atomic E-state index is 9.08. The summed E-state index contributed by atoms with van der Waals surface area (Å²) in [4.78, 5) is 0. The highest BCUT2D eigenvalue weighted by Gasteiger charge is 2.08. The molecule has 20 heavy (non-hydrogen) atoms. The third kappa shape index (κ3) is 2.02. The van der Waals surface area contributed by atoms with Gasteiger partial charge in [0.05, 0.1) is 5.71 Å². The summed E-state index contributed by atoms with van der Waals surface area (Å²) in [6, 6.07) is 16.1. The maximum Gasteiger partial charge on any atom is 0.0865 e. The largest absolute Gasteiger partial charge is 0.411 e. The first kappa shape index (κ1) is 12.9. The molecular formula is C17H14ClNO. The van der Waals surface area contributed by atoms with Crippen LogP contribution in [-0.4, -0.2) is 10.9 Å². The van der Waals surface area contributed by atoms with Gasteiger partial charge in [-0.3, -0.25) is 0 Å². The van der Waals surface area contributed by atoms with E-state index in [2.05, 4.69) is 17.3 Å². The Hall–Kier alpha value is -2.06. The molecular weight excluding hydrogens is 270 g/mol. The molecule has 0 aliphatic carbocycles. The fraction of sp³-hybridized carbons (Fsp3) is 0.118. The minimum atomic E-state index is 0.686. The summed E-state index contributed by atoms with van der Waals surface area (Å²) in [7, 11) is 0. The Balaban J connectivity index is 2.38. The molecule has 0 atom stereocenters. The Bertz CT molecular complexity index is 824. The second kappa shape index (κ2) is 5.14. The molecule has 3 aromatic rings. The van der Waals surface area contributed by atoms with Gasteiger partial charge in [-0.05, 0) is 40.3 Å². The second-order valence-corrected chi connectivity index (χ2v) is 5.15. The fourth-order valence-electron chi connectivity index (χ4n) is 2.57. The predicted molar refractivity (Wildman–Crippen MR) is 85.1 cm³/mol. The summed E-state index contributed by atoms with van der Waals surface area (Å²) in [6.45, 7) is 1.97. The molecule has 3 heteroatoms. The minimum Gasteiger partial charge on any atom is -0.411 e. The van der Waals surface area contributed by atoms with Crippen molar-refractivity contribution in [3.05, 3.63) is 59.1 Å². The molecule has 0 radical (unpaired) electrons. The number of fused-ring (bicyclic) bond motifs is 3. The highest BCUT2D eigenvalue weighted by molar-refractivity contribution is 6.37. The molecule has 0 aliphatic rings. The lowest BCUT2D eigenvalue weighted by Crippen LogP contribution is -1.98. The summed E-state index contributed by atoms with van der Waals surface area (Å²) in [6.07, 6.45) is 0.688. The van der Waals surface area contributed by atoms with E-state index >= 15 is 0 Å². The van der Waals surface area contributed by atoms with Crippen LogP contribution < -0.4 is 0 Å². The first-order chi connectivity index (χ1) is 9.74. The van der Waals surface area contributed by atoms with Crippen LogP contribution in [0.25, 0.3) is 21.5 Å². The lowest BCUT2D eigenvalue weighted by Gasteiger charge is -2.09. The molecule has 0 aromatic heterocycles. The zero-order valence-corrected chi connectivity index (χ0v) is 11.9. The zero-order chi connectivity index (χ0) is 14.1. The van der Waals surface area contributed by atoms with Gasteiger partial charge in [0.25, 0.3) is 0 Å². The van der Waals surface area contributed by atoms with Crippen LogP contribution >= 0.6 is 11.6 Å². The summed E-state index contributed by atoms with van der Waals surface area (Å²) >= 11 is 6.33. The smallest absolute Gasteiger partial charge is 0.0865 e. The molecule has 0 unspecified atom stereocenters. The van der Waals surface area contributed by atoms with E-state index in [1.165, 1.54) is 0 Å². The molecule has 0 bridgehead atoms. The average Bonchev–Trinajstić information content (AvgIpc) is 2.49. The molecule has 100 valence electrons. The molecule has 0 amide bonds. The summed E-state index contributed by atoms with van der Waals surface area (Å²) < 4.78 is 0. The molecule has 3 rings (SSSR count). The molecule has 3 aromatic carbocycles. The quantitative estimate of drug-likeness (QED) is 0.297. The average molecular weight is 284 g/mol. The lowest BCUT2D eigenvalue weighted by molar-refractivity contribution is 0.318. The summed E-state index contributed by atoms with van der Waals surface area (Å²) in [5.74, 6) is 0. The van der Waals surface area contributed by atoms with Crippen molar-refractivity contribution in [2.24, 2.45) is 5.16 Å². The van der Waals surface area contributed by atoms with E-state index in [0.29, 0.717) is 12.1 Å². The van der Waals surface area contributed by atoms with Crippen LogP contribution in [0.5, 0.6) is 0 Å². The van der Waals surface area contributed by atoms with Gasteiger partial charge in [-0.15, -0.1) is 0 Å². The molecule has 0 heterocycles. The van der Waals surface area contributed by atoms with Crippen molar-refractivity contribution >= 4 is 38.9 Å². The van der Waals surface area contributed by atoms with Crippen LogP contribution in [0.2, 0.25) is 5.02 Å². The first-order valence-corrected chi connectivity index (χ1v) is 6.94. The van der Waals surface area contributed by atoms with Crippen molar-refractivity contribution in [2.45, 2.75) is 13.3 Å². The van der Waals surface area contributed by atoms with Gasteiger partial charge < -0.3 is 5.21 Å². The van der Waals surface area contributed by atoms with E-state index in [4.69, 9.17) is 16.8 Å². The van der Waals surface area contributed by atoms with E-state index in [0.717, 1.165) is 32.1 Å². The van der Waals surface area contributed by atoms with Crippen molar-refractivity contribution in [1.82, 2.24) is 0 Å². The van der Waals surface area contributed by atoms with Gasteiger partial charge in [0, 0.05) is 10.4 Å². The molecule has 0 spiro atoms. The molecule has 0 fully saturated rings. The third-order valence-corrected chi connectivity index (χ3v) is 3.91. The Morgan fingerprint density at radius 1 is 1.05 bits per heavy atom. The number of oxime groups is 1. The SMILES string of the molecule is CC/C(=N/O)c1ccc2cc(Cl)c3ccccc3c2c1. The van der Waals surface area contributed by atoms with Crippen molar-refractivity contribution in [2.75, 3.05) is 0 Å². The highest BCUT2D eigenvalue weighted by Crippen LogP contribution is 2.32. The minimum absolute atomic E-state index is 0.686. The Morgan fingerprint density at radius 3 is 2.50 bits per heavy atom. The van der Waals surface area contributed by atoms with Crippen LogP contribution in [0.1, 0.15) is 18.9 Å². The van der Waals surface area contributed by atoms with Crippen molar-refractivity contribution in [3.63, 3.8) is 0 Å². The predicted octanol–water partition coefficient (Wildman–Crippen LogP) is 5.23. The topological polar surface area (TPSA) is 32.6 Å². The van der Waals surface area contributed by atoms with Gasteiger partial charge in [0.1, 0.15) is 0 Å². The lowest BCUT2D eigenvalue weighted by atomic mass is 9.98. The Kier molecular flexibility index (Phi) is 3.33. The van der Waals surface area contributed by atoms with Gasteiger partial charge in [0.15, 0.2) is 0 Å². The van der Waals surface area contributed by atoms with Crippen LogP contribution in [0.3, 0.4) is 0 Å². The Labute approximate surface area is 122 Å². The number of halogens is 1. The van der Waals surface area contributed by atoms with E-state index in [9.17, 15) is 0 Å². The van der Waals surface area contributed by atoms with Crippen LogP contribution in [0.15, 0.2) is 53.7 Å². The van der Waals surface area contributed by atoms with Crippen molar-refractivity contribution < 1.29 is 5.21 Å². The zero-order valence-electron chi connectivity index (χ0n) is 11.1. The second-order valence-electron chi connectivity index (χ2n) is 4.74. The molecule has 0 saturated carbocycles. The summed E-state index contributed by atoms with van der Waals surface area (Å²) in [5, 5.41) is 17.6. The van der Waals surface area contributed by atoms with E-state index in [1.54, 1.807) is 0 Å². The number of rotatable bonds is 2. The number of hydrogen-bond acceptors (Lipinski definition) is 2. The van der Waals surface area contributed by atoms with Crippen molar-refractivity contribution in [3.8, 4) is 0 Å². The highest BCUT2D eigenvalue weighted by atomic mass is 35.5. The maximum absolute atomic E-state index is 9.08. The molecule has 0 aliphatic heterocycles. The van der Waals surface area contributed by atoms with Crippen LogP contribution in [0, 0.1) is 0 Å². The molecule has 2 nitrogen and oxygen atoms in total. The number of hydrogen-bond donors (Lipinski definition) is 1. The standard InChI is InChI=1S/C17H14ClNO/c1-2-17(19-20)12-8-7-11-10-16(18)14-6-4-3-5-13(14)15(11)9-12/h3-10,20H,2H2,1H3/b19-17-. The van der Waals surface area contributed by atoms with Crippen molar-refractivity contribution in [1.29, 1.82) is 0 Å². The van der Waals surface area contributed by atoms with Gasteiger partial charge in [-0.1, -0.05) is 60.1 Å².